The van der Waals surface area contributed by atoms with Gasteiger partial charge in [-0.15, -0.1) is 0 Å². The Bertz CT molecular complexity index is 500. The van der Waals surface area contributed by atoms with Crippen LogP contribution in [0.15, 0.2) is 6.07 Å². The fourth-order valence-corrected chi connectivity index (χ4v) is 1.87. The van der Waals surface area contributed by atoms with Crippen molar-refractivity contribution in [2.45, 2.75) is 18.8 Å². The van der Waals surface area contributed by atoms with Gasteiger partial charge in [0.25, 0.3) is 5.92 Å². The number of aromatic nitrogens is 1. The van der Waals surface area contributed by atoms with E-state index in [4.69, 9.17) is 0 Å². The minimum atomic E-state index is -3.09. The maximum absolute atomic E-state index is 13.5. The Morgan fingerprint density at radius 2 is 2.29 bits per heavy atom. The zero-order chi connectivity index (χ0) is 12.6. The molecule has 0 unspecified atom stereocenters. The van der Waals surface area contributed by atoms with Crippen molar-refractivity contribution in [3.05, 3.63) is 28.6 Å². The number of fused-ring (bicyclic) bond motifs is 1. The van der Waals surface area contributed by atoms with Crippen LogP contribution in [0.25, 0.3) is 0 Å². The molecule has 0 aromatic carbocycles. The first-order valence-corrected chi connectivity index (χ1v) is 4.95. The van der Waals surface area contributed by atoms with Gasteiger partial charge in [0.05, 0.1) is 7.11 Å². The molecule has 0 radical (unpaired) electrons. The SMILES string of the molecule is COC(=O)c1cc(C=O)c2c(n1)C(F)(F)CC2. The van der Waals surface area contributed by atoms with Gasteiger partial charge in [0, 0.05) is 12.0 Å². The second-order valence-corrected chi connectivity index (χ2v) is 3.74. The summed E-state index contributed by atoms with van der Waals surface area (Å²) >= 11 is 0. The van der Waals surface area contributed by atoms with Gasteiger partial charge in [0.1, 0.15) is 17.7 Å². The molecule has 6 heteroatoms. The average Bonchev–Trinajstić information content (AvgIpc) is 2.63. The van der Waals surface area contributed by atoms with Gasteiger partial charge in [-0.3, -0.25) is 4.79 Å². The highest BCUT2D eigenvalue weighted by molar-refractivity contribution is 5.90. The molecule has 0 aliphatic heterocycles. The molecule has 0 atom stereocenters. The first kappa shape index (κ1) is 11.6. The number of esters is 1. The van der Waals surface area contributed by atoms with Crippen LogP contribution >= 0.6 is 0 Å². The highest BCUT2D eigenvalue weighted by Crippen LogP contribution is 2.41. The van der Waals surface area contributed by atoms with Crippen LogP contribution in [0.4, 0.5) is 8.78 Å². The molecular formula is C11H9F2NO3. The minimum absolute atomic E-state index is 0.0765. The van der Waals surface area contributed by atoms with Crippen LogP contribution in [-0.4, -0.2) is 24.3 Å². The summed E-state index contributed by atoms with van der Waals surface area (Å²) in [5.74, 6) is -3.92. The third-order valence-electron chi connectivity index (χ3n) is 2.72. The number of nitrogens with zero attached hydrogens (tertiary/aromatic N) is 1. The molecule has 4 nitrogen and oxygen atoms in total. The predicted octanol–water partition coefficient (Wildman–Crippen LogP) is 1.72. The van der Waals surface area contributed by atoms with Crippen molar-refractivity contribution in [1.82, 2.24) is 4.98 Å². The van der Waals surface area contributed by atoms with Crippen molar-refractivity contribution < 1.29 is 23.1 Å². The van der Waals surface area contributed by atoms with Crippen molar-refractivity contribution in [1.29, 1.82) is 0 Å². The van der Waals surface area contributed by atoms with Crippen LogP contribution in [0, 0.1) is 0 Å². The lowest BCUT2D eigenvalue weighted by molar-refractivity contribution is -0.00611. The van der Waals surface area contributed by atoms with E-state index in [0.29, 0.717) is 6.29 Å². The van der Waals surface area contributed by atoms with Crippen molar-refractivity contribution in [3.63, 3.8) is 0 Å². The summed E-state index contributed by atoms with van der Waals surface area (Å²) < 4.78 is 31.3. The van der Waals surface area contributed by atoms with E-state index in [1.807, 2.05) is 0 Å². The van der Waals surface area contributed by atoms with E-state index in [-0.39, 0.29) is 29.7 Å². The molecule has 1 aromatic heterocycles. The largest absolute Gasteiger partial charge is 0.464 e. The van der Waals surface area contributed by atoms with Gasteiger partial charge in [-0.1, -0.05) is 0 Å². The summed E-state index contributed by atoms with van der Waals surface area (Å²) in [6.07, 6.45) is 0.153. The number of hydrogen-bond acceptors (Lipinski definition) is 4. The molecule has 1 heterocycles. The molecule has 2 rings (SSSR count). The molecule has 0 saturated carbocycles. The Hall–Kier alpha value is -1.85. The number of aldehydes is 1. The fraction of sp³-hybridized carbons (Fsp3) is 0.364. The van der Waals surface area contributed by atoms with E-state index in [1.54, 1.807) is 0 Å². The number of carbonyl (C=O) groups excluding carboxylic acids is 2. The van der Waals surface area contributed by atoms with Gasteiger partial charge in [-0.05, 0) is 18.1 Å². The molecule has 0 fully saturated rings. The number of halogens is 2. The second kappa shape index (κ2) is 3.87. The van der Waals surface area contributed by atoms with E-state index in [0.717, 1.165) is 7.11 Å². The topological polar surface area (TPSA) is 56.3 Å². The zero-order valence-electron chi connectivity index (χ0n) is 9.00. The average molecular weight is 241 g/mol. The maximum Gasteiger partial charge on any atom is 0.356 e. The Kier molecular flexibility index (Phi) is 2.65. The molecule has 0 saturated heterocycles. The zero-order valence-corrected chi connectivity index (χ0v) is 9.00. The van der Waals surface area contributed by atoms with Gasteiger partial charge in [0.2, 0.25) is 0 Å². The molecule has 0 bridgehead atoms. The third kappa shape index (κ3) is 1.79. The molecular weight excluding hydrogens is 232 g/mol. The Labute approximate surface area is 95.6 Å². The van der Waals surface area contributed by atoms with Gasteiger partial charge >= 0.3 is 5.97 Å². The number of alkyl halides is 2. The first-order chi connectivity index (χ1) is 7.99. The molecule has 0 spiro atoms. The van der Waals surface area contributed by atoms with Gasteiger partial charge < -0.3 is 4.74 Å². The number of ether oxygens (including phenoxy) is 1. The molecule has 17 heavy (non-hydrogen) atoms. The highest BCUT2D eigenvalue weighted by atomic mass is 19.3. The highest BCUT2D eigenvalue weighted by Gasteiger charge is 2.42. The number of hydrogen-bond donors (Lipinski definition) is 0. The fourth-order valence-electron chi connectivity index (χ4n) is 1.87. The number of methoxy groups -OCH3 is 1. The number of rotatable bonds is 2. The Balaban J connectivity index is 2.63. The van der Waals surface area contributed by atoms with Gasteiger partial charge in [-0.2, -0.15) is 8.78 Å². The van der Waals surface area contributed by atoms with Crippen LogP contribution in [0.3, 0.4) is 0 Å². The van der Waals surface area contributed by atoms with E-state index in [2.05, 4.69) is 9.72 Å². The summed E-state index contributed by atoms with van der Waals surface area (Å²) in [7, 11) is 1.12. The molecule has 1 aliphatic rings. The molecule has 0 amide bonds. The number of carbonyl (C=O) groups is 2. The van der Waals surface area contributed by atoms with Crippen LogP contribution in [0.2, 0.25) is 0 Å². The summed E-state index contributed by atoms with van der Waals surface area (Å²) in [6, 6.07) is 1.18. The summed E-state index contributed by atoms with van der Waals surface area (Å²) in [6.45, 7) is 0. The van der Waals surface area contributed by atoms with Crippen molar-refractivity contribution in [2.75, 3.05) is 7.11 Å². The Morgan fingerprint density at radius 3 is 2.88 bits per heavy atom. The summed E-state index contributed by atoms with van der Waals surface area (Å²) in [5, 5.41) is 0. The molecule has 90 valence electrons. The summed E-state index contributed by atoms with van der Waals surface area (Å²) in [4.78, 5) is 25.7. The monoisotopic (exact) mass is 241 g/mol. The van der Waals surface area contributed by atoms with Crippen molar-refractivity contribution >= 4 is 12.3 Å². The standard InChI is InChI=1S/C11H9F2NO3/c1-17-10(16)8-4-6(5-15)7-2-3-11(12,13)9(7)14-8/h4-5H,2-3H2,1H3. The van der Waals surface area contributed by atoms with Crippen LogP contribution < -0.4 is 0 Å². The lowest BCUT2D eigenvalue weighted by Crippen LogP contribution is -2.15. The van der Waals surface area contributed by atoms with Crippen molar-refractivity contribution in [3.8, 4) is 0 Å². The quantitative estimate of drug-likeness (QED) is 0.584. The third-order valence-corrected chi connectivity index (χ3v) is 2.72. The minimum Gasteiger partial charge on any atom is -0.464 e. The van der Waals surface area contributed by atoms with Gasteiger partial charge in [-0.25, -0.2) is 9.78 Å². The van der Waals surface area contributed by atoms with Gasteiger partial charge in [0.15, 0.2) is 0 Å². The van der Waals surface area contributed by atoms with Crippen LogP contribution in [0.5, 0.6) is 0 Å². The smallest absolute Gasteiger partial charge is 0.356 e. The molecule has 0 N–H and O–H groups in total. The Morgan fingerprint density at radius 1 is 1.59 bits per heavy atom. The lowest BCUT2D eigenvalue weighted by Gasteiger charge is -2.10. The molecule has 1 aliphatic carbocycles. The maximum atomic E-state index is 13.5. The van der Waals surface area contributed by atoms with E-state index in [9.17, 15) is 18.4 Å². The van der Waals surface area contributed by atoms with E-state index < -0.39 is 17.6 Å². The summed E-state index contributed by atoms with van der Waals surface area (Å²) in [5.41, 5.74) is -0.456. The molecule has 1 aromatic rings. The first-order valence-electron chi connectivity index (χ1n) is 4.95. The van der Waals surface area contributed by atoms with Crippen LogP contribution in [0.1, 0.15) is 38.5 Å². The number of pyridine rings is 1. The van der Waals surface area contributed by atoms with E-state index >= 15 is 0 Å². The van der Waals surface area contributed by atoms with Crippen LogP contribution in [-0.2, 0) is 17.1 Å². The second-order valence-electron chi connectivity index (χ2n) is 3.74. The lowest BCUT2D eigenvalue weighted by atomic mass is 10.1. The van der Waals surface area contributed by atoms with E-state index in [1.165, 1.54) is 6.07 Å². The predicted molar refractivity (Wildman–Crippen MR) is 53.2 cm³/mol. The normalized spacial score (nSPS) is 16.4. The van der Waals surface area contributed by atoms with Crippen molar-refractivity contribution in [2.24, 2.45) is 0 Å².